The molecular weight excluding hydrogens is 378 g/mol. The van der Waals surface area contributed by atoms with Crippen molar-refractivity contribution in [2.24, 2.45) is 0 Å². The number of aromatic amines is 1. The predicted octanol–water partition coefficient (Wildman–Crippen LogP) is 3.01. The van der Waals surface area contributed by atoms with E-state index in [1.54, 1.807) is 23.9 Å². The van der Waals surface area contributed by atoms with Crippen molar-refractivity contribution in [3.63, 3.8) is 0 Å². The molecule has 150 valence electrons. The number of benzene rings is 1. The second-order valence-electron chi connectivity index (χ2n) is 7.60. The van der Waals surface area contributed by atoms with Gasteiger partial charge in [-0.1, -0.05) is 18.2 Å². The summed E-state index contributed by atoms with van der Waals surface area (Å²) in [5.74, 6) is 0.551. The van der Waals surface area contributed by atoms with E-state index in [9.17, 15) is 9.59 Å². The minimum atomic E-state index is -0.102. The molecule has 7 nitrogen and oxygen atoms in total. The lowest BCUT2D eigenvalue weighted by molar-refractivity contribution is 0.0941. The molecule has 0 aliphatic carbocycles. The van der Waals surface area contributed by atoms with Crippen LogP contribution in [0.5, 0.6) is 0 Å². The molecule has 0 amide bonds. The highest BCUT2D eigenvalue weighted by Gasteiger charge is 2.23. The Kier molecular flexibility index (Phi) is 4.52. The summed E-state index contributed by atoms with van der Waals surface area (Å²) in [5, 5.41) is 1.07. The minimum Gasteiger partial charge on any atom is -0.306 e. The number of hydrogen-bond acceptors (Lipinski definition) is 5. The van der Waals surface area contributed by atoms with E-state index in [-0.39, 0.29) is 11.5 Å². The third-order valence-corrected chi connectivity index (χ3v) is 5.61. The third kappa shape index (κ3) is 3.23. The fraction of sp³-hybridized carbons (Fsp3) is 0.217. The van der Waals surface area contributed by atoms with Crippen LogP contribution in [-0.2, 0) is 19.5 Å². The Bertz CT molecular complexity index is 1310. The maximum atomic E-state index is 12.8. The Labute approximate surface area is 173 Å². The summed E-state index contributed by atoms with van der Waals surface area (Å²) < 4.78 is 1.69. The van der Waals surface area contributed by atoms with Crippen LogP contribution in [0.4, 0.5) is 0 Å². The number of fused-ring (bicyclic) bond motifs is 2. The van der Waals surface area contributed by atoms with E-state index >= 15 is 0 Å². The first-order chi connectivity index (χ1) is 14.6. The largest absolute Gasteiger partial charge is 0.306 e. The van der Waals surface area contributed by atoms with Crippen molar-refractivity contribution in [1.29, 1.82) is 0 Å². The van der Waals surface area contributed by atoms with Crippen molar-refractivity contribution in [3.05, 3.63) is 82.2 Å². The van der Waals surface area contributed by atoms with Gasteiger partial charge in [0.15, 0.2) is 0 Å². The number of nitrogens with one attached hydrogen (secondary N) is 1. The van der Waals surface area contributed by atoms with Gasteiger partial charge in [-0.25, -0.2) is 4.98 Å². The Balaban J connectivity index is 1.44. The molecule has 0 saturated carbocycles. The lowest BCUT2D eigenvalue weighted by atomic mass is 10.1. The van der Waals surface area contributed by atoms with E-state index in [1.807, 2.05) is 42.6 Å². The Hall–Kier alpha value is -3.58. The molecular formula is C23H21N5O2. The summed E-state index contributed by atoms with van der Waals surface area (Å²) in [6.45, 7) is 3.57. The molecule has 7 heteroatoms. The van der Waals surface area contributed by atoms with Crippen molar-refractivity contribution in [2.45, 2.75) is 26.4 Å². The zero-order valence-corrected chi connectivity index (χ0v) is 16.6. The first-order valence-electron chi connectivity index (χ1n) is 9.95. The molecule has 0 spiro atoms. The average molecular weight is 399 g/mol. The van der Waals surface area contributed by atoms with E-state index in [0.29, 0.717) is 30.9 Å². The van der Waals surface area contributed by atoms with Gasteiger partial charge in [-0.3, -0.25) is 24.0 Å². The molecule has 1 aromatic carbocycles. The molecule has 0 fully saturated rings. The van der Waals surface area contributed by atoms with Crippen molar-refractivity contribution in [2.75, 3.05) is 6.54 Å². The number of aromatic nitrogens is 4. The highest BCUT2D eigenvalue weighted by Crippen LogP contribution is 2.25. The molecule has 4 aromatic rings. The average Bonchev–Trinajstić information content (AvgIpc) is 3.13. The Morgan fingerprint density at radius 3 is 2.87 bits per heavy atom. The van der Waals surface area contributed by atoms with Gasteiger partial charge in [0.05, 0.1) is 16.8 Å². The standard InChI is InChI=1S/C23H21N5O2/c1-15(29)28-13-17(18-6-2-3-7-21(18)28)12-27-10-8-20-19(14-27)23(30)26-22(25-20)16-5-4-9-24-11-16/h2-7,9,11,13H,8,10,12,14H2,1H3,(H,25,26,30). The maximum absolute atomic E-state index is 12.8. The van der Waals surface area contributed by atoms with Gasteiger partial charge in [0.25, 0.3) is 5.56 Å². The number of H-pyrrole nitrogens is 1. The number of rotatable bonds is 3. The van der Waals surface area contributed by atoms with E-state index in [1.165, 1.54) is 0 Å². The maximum Gasteiger partial charge on any atom is 0.255 e. The molecule has 3 aromatic heterocycles. The normalized spacial score (nSPS) is 14.0. The third-order valence-electron chi connectivity index (χ3n) is 5.61. The zero-order valence-electron chi connectivity index (χ0n) is 16.6. The van der Waals surface area contributed by atoms with Crippen molar-refractivity contribution < 1.29 is 4.79 Å². The van der Waals surface area contributed by atoms with Crippen LogP contribution in [0.1, 0.15) is 28.5 Å². The SMILES string of the molecule is CC(=O)n1cc(CN2CCc3nc(-c4cccnc4)[nH]c(=O)c3C2)c2ccccc21. The summed E-state index contributed by atoms with van der Waals surface area (Å²) >= 11 is 0. The molecule has 30 heavy (non-hydrogen) atoms. The smallest absolute Gasteiger partial charge is 0.255 e. The summed E-state index contributed by atoms with van der Waals surface area (Å²) in [6, 6.07) is 11.6. The minimum absolute atomic E-state index is 0.00924. The van der Waals surface area contributed by atoms with Crippen molar-refractivity contribution >= 4 is 16.8 Å². The highest BCUT2D eigenvalue weighted by atomic mass is 16.1. The van der Waals surface area contributed by atoms with Crippen LogP contribution in [0.3, 0.4) is 0 Å². The van der Waals surface area contributed by atoms with Crippen LogP contribution in [0, 0.1) is 0 Å². The van der Waals surface area contributed by atoms with Crippen LogP contribution in [0.2, 0.25) is 0 Å². The number of carbonyl (C=O) groups is 1. The summed E-state index contributed by atoms with van der Waals surface area (Å²) in [7, 11) is 0. The van der Waals surface area contributed by atoms with Gasteiger partial charge in [-0.2, -0.15) is 0 Å². The van der Waals surface area contributed by atoms with Gasteiger partial charge in [0.1, 0.15) is 5.82 Å². The lowest BCUT2D eigenvalue weighted by Crippen LogP contribution is -2.35. The van der Waals surface area contributed by atoms with Crippen molar-refractivity contribution in [1.82, 2.24) is 24.4 Å². The molecule has 0 atom stereocenters. The molecule has 1 aliphatic rings. The van der Waals surface area contributed by atoms with Gasteiger partial charge >= 0.3 is 0 Å². The molecule has 0 radical (unpaired) electrons. The number of nitrogens with zero attached hydrogens (tertiary/aromatic N) is 4. The van der Waals surface area contributed by atoms with Gasteiger partial charge in [0, 0.05) is 62.5 Å². The van der Waals surface area contributed by atoms with Gasteiger partial charge in [-0.15, -0.1) is 0 Å². The van der Waals surface area contributed by atoms with Crippen molar-refractivity contribution in [3.8, 4) is 11.4 Å². The van der Waals surface area contributed by atoms with Crippen LogP contribution >= 0.6 is 0 Å². The molecule has 4 heterocycles. The molecule has 5 rings (SSSR count). The van der Waals surface area contributed by atoms with Crippen LogP contribution in [0.25, 0.3) is 22.3 Å². The fourth-order valence-corrected chi connectivity index (χ4v) is 4.13. The van der Waals surface area contributed by atoms with Crippen LogP contribution in [0.15, 0.2) is 59.8 Å². The second kappa shape index (κ2) is 7.35. The number of hydrogen-bond donors (Lipinski definition) is 1. The molecule has 1 N–H and O–H groups in total. The quantitative estimate of drug-likeness (QED) is 0.573. The number of pyridine rings is 1. The van der Waals surface area contributed by atoms with Gasteiger partial charge < -0.3 is 4.98 Å². The Morgan fingerprint density at radius 1 is 1.20 bits per heavy atom. The Morgan fingerprint density at radius 2 is 2.07 bits per heavy atom. The van der Waals surface area contributed by atoms with Gasteiger partial charge in [0.2, 0.25) is 5.91 Å². The fourth-order valence-electron chi connectivity index (χ4n) is 4.13. The van der Waals surface area contributed by atoms with E-state index in [0.717, 1.165) is 34.3 Å². The second-order valence-corrected chi connectivity index (χ2v) is 7.60. The van der Waals surface area contributed by atoms with E-state index in [4.69, 9.17) is 4.98 Å². The molecule has 0 saturated heterocycles. The first-order valence-corrected chi connectivity index (χ1v) is 9.95. The lowest BCUT2D eigenvalue weighted by Gasteiger charge is -2.27. The zero-order chi connectivity index (χ0) is 20.7. The summed E-state index contributed by atoms with van der Waals surface area (Å²) in [6.07, 6.45) is 6.01. The van der Waals surface area contributed by atoms with Crippen LogP contribution < -0.4 is 5.56 Å². The molecule has 0 bridgehead atoms. The van der Waals surface area contributed by atoms with E-state index in [2.05, 4.69) is 14.9 Å². The number of para-hydroxylation sites is 1. The summed E-state index contributed by atoms with van der Waals surface area (Å²) in [4.78, 5) is 38.7. The predicted molar refractivity (Wildman–Crippen MR) is 114 cm³/mol. The summed E-state index contributed by atoms with van der Waals surface area (Å²) in [5.41, 5.74) is 4.26. The molecule has 0 unspecified atom stereocenters. The monoisotopic (exact) mass is 399 g/mol. The van der Waals surface area contributed by atoms with E-state index < -0.39 is 0 Å². The first kappa shape index (κ1) is 18.4. The highest BCUT2D eigenvalue weighted by molar-refractivity contribution is 5.93. The number of carbonyl (C=O) groups excluding carboxylic acids is 1. The van der Waals surface area contributed by atoms with Gasteiger partial charge in [-0.05, 0) is 23.8 Å². The van der Waals surface area contributed by atoms with Crippen LogP contribution in [-0.4, -0.2) is 36.9 Å². The topological polar surface area (TPSA) is 83.9 Å². The molecule has 1 aliphatic heterocycles.